The van der Waals surface area contributed by atoms with E-state index in [9.17, 15) is 4.79 Å². The van der Waals surface area contributed by atoms with Crippen LogP contribution < -0.4 is 0 Å². The van der Waals surface area contributed by atoms with Gasteiger partial charge < -0.3 is 4.74 Å². The van der Waals surface area contributed by atoms with Gasteiger partial charge in [0.25, 0.3) is 0 Å². The van der Waals surface area contributed by atoms with Gasteiger partial charge in [0.15, 0.2) is 5.56 Å². The van der Waals surface area contributed by atoms with E-state index >= 15 is 0 Å². The van der Waals surface area contributed by atoms with Crippen molar-refractivity contribution in [2.75, 3.05) is 0 Å². The first-order chi connectivity index (χ1) is 6.63. The van der Waals surface area contributed by atoms with E-state index in [0.29, 0.717) is 12.0 Å². The minimum Gasteiger partial charge on any atom is -0.442 e. The predicted octanol–water partition coefficient (Wildman–Crippen LogP) is 3.13. The summed E-state index contributed by atoms with van der Waals surface area (Å²) in [6.07, 6.45) is 0.610. The Morgan fingerprint density at radius 3 is 2.86 bits per heavy atom. The molecule has 1 rings (SSSR count). The van der Waals surface area contributed by atoms with Crippen LogP contribution in [-0.2, 0) is 4.74 Å². The summed E-state index contributed by atoms with van der Waals surface area (Å²) in [4.78, 5) is 11.5. The van der Waals surface area contributed by atoms with Gasteiger partial charge in [0.2, 0.25) is 0 Å². The maximum Gasteiger partial charge on any atom is 0.339 e. The molecule has 3 heteroatoms. The molecule has 76 valence electrons. The standard InChI is InChI=1S/C11H13ClO2/c1-3-10(12)14-11(13)9-6-4-5-8(2)7-9/h4-7,10H,3H2,1-2H3. The molecule has 1 aromatic rings. The van der Waals surface area contributed by atoms with Crippen LogP contribution in [0.15, 0.2) is 24.3 Å². The van der Waals surface area contributed by atoms with Gasteiger partial charge in [0.1, 0.15) is 0 Å². The Morgan fingerprint density at radius 2 is 2.29 bits per heavy atom. The third-order valence-electron chi connectivity index (χ3n) is 1.81. The van der Waals surface area contributed by atoms with Gasteiger partial charge in [-0.25, -0.2) is 4.79 Å². The largest absolute Gasteiger partial charge is 0.442 e. The van der Waals surface area contributed by atoms with Gasteiger partial charge in [-0.1, -0.05) is 36.2 Å². The maximum atomic E-state index is 11.5. The summed E-state index contributed by atoms with van der Waals surface area (Å²) in [6.45, 7) is 3.79. The van der Waals surface area contributed by atoms with Gasteiger partial charge in [-0.2, -0.15) is 0 Å². The monoisotopic (exact) mass is 212 g/mol. The molecule has 1 aromatic carbocycles. The van der Waals surface area contributed by atoms with Crippen molar-refractivity contribution in [3.05, 3.63) is 35.4 Å². The van der Waals surface area contributed by atoms with Crippen molar-refractivity contribution in [2.24, 2.45) is 0 Å². The molecule has 14 heavy (non-hydrogen) atoms. The van der Waals surface area contributed by atoms with Crippen LogP contribution >= 0.6 is 11.6 Å². The van der Waals surface area contributed by atoms with Gasteiger partial charge in [0, 0.05) is 0 Å². The van der Waals surface area contributed by atoms with E-state index in [1.807, 2.05) is 26.0 Å². The molecule has 0 fully saturated rings. The molecule has 0 saturated heterocycles. The number of alkyl halides is 1. The second kappa shape index (κ2) is 5.01. The second-order valence-electron chi connectivity index (χ2n) is 3.09. The summed E-state index contributed by atoms with van der Waals surface area (Å²) in [7, 11) is 0. The number of ether oxygens (including phenoxy) is 1. The van der Waals surface area contributed by atoms with Crippen molar-refractivity contribution in [2.45, 2.75) is 25.8 Å². The zero-order chi connectivity index (χ0) is 10.6. The van der Waals surface area contributed by atoms with Crippen LogP contribution in [0.25, 0.3) is 0 Å². The van der Waals surface area contributed by atoms with E-state index < -0.39 is 5.56 Å². The van der Waals surface area contributed by atoms with Gasteiger partial charge >= 0.3 is 5.97 Å². The topological polar surface area (TPSA) is 26.3 Å². The predicted molar refractivity (Wildman–Crippen MR) is 56.5 cm³/mol. The molecule has 0 N–H and O–H groups in total. The first-order valence-electron chi connectivity index (χ1n) is 4.55. The molecular formula is C11H13ClO2. The molecule has 0 saturated carbocycles. The number of carbonyl (C=O) groups excluding carboxylic acids is 1. The Kier molecular flexibility index (Phi) is 3.96. The molecule has 0 radical (unpaired) electrons. The lowest BCUT2D eigenvalue weighted by Crippen LogP contribution is -2.11. The second-order valence-corrected chi connectivity index (χ2v) is 3.58. The molecule has 0 aliphatic carbocycles. The van der Waals surface area contributed by atoms with Crippen molar-refractivity contribution >= 4 is 17.6 Å². The van der Waals surface area contributed by atoms with E-state index in [2.05, 4.69) is 0 Å². The Bertz CT molecular complexity index is 323. The number of aryl methyl sites for hydroxylation is 1. The molecule has 0 aliphatic heterocycles. The highest BCUT2D eigenvalue weighted by atomic mass is 35.5. The summed E-state index contributed by atoms with van der Waals surface area (Å²) in [5.41, 5.74) is 1.04. The lowest BCUT2D eigenvalue weighted by Gasteiger charge is -2.08. The average molecular weight is 213 g/mol. The zero-order valence-corrected chi connectivity index (χ0v) is 9.04. The quantitative estimate of drug-likeness (QED) is 0.569. The Hall–Kier alpha value is -1.02. The number of hydrogen-bond acceptors (Lipinski definition) is 2. The molecule has 2 nitrogen and oxygen atoms in total. The highest BCUT2D eigenvalue weighted by Crippen LogP contribution is 2.10. The third-order valence-corrected chi connectivity index (χ3v) is 2.21. The minimum absolute atomic E-state index is 0.365. The number of benzene rings is 1. The van der Waals surface area contributed by atoms with Crippen molar-refractivity contribution in [1.82, 2.24) is 0 Å². The van der Waals surface area contributed by atoms with Crippen molar-refractivity contribution in [3.8, 4) is 0 Å². The smallest absolute Gasteiger partial charge is 0.339 e. The molecule has 1 unspecified atom stereocenters. The summed E-state index contributed by atoms with van der Waals surface area (Å²) >= 11 is 5.71. The molecule has 0 spiro atoms. The Morgan fingerprint density at radius 1 is 1.57 bits per heavy atom. The minimum atomic E-state index is -0.539. The van der Waals surface area contributed by atoms with Crippen LogP contribution in [0.1, 0.15) is 29.3 Å². The summed E-state index contributed by atoms with van der Waals surface area (Å²) < 4.78 is 4.97. The van der Waals surface area contributed by atoms with Crippen LogP contribution in [-0.4, -0.2) is 11.5 Å². The van der Waals surface area contributed by atoms with Crippen LogP contribution in [0.3, 0.4) is 0 Å². The fourth-order valence-electron chi connectivity index (χ4n) is 1.04. The number of esters is 1. The van der Waals surface area contributed by atoms with Crippen molar-refractivity contribution < 1.29 is 9.53 Å². The number of rotatable bonds is 3. The Balaban J connectivity index is 2.70. The maximum absolute atomic E-state index is 11.5. The van der Waals surface area contributed by atoms with Crippen LogP contribution in [0.2, 0.25) is 0 Å². The Labute approximate surface area is 88.8 Å². The fraction of sp³-hybridized carbons (Fsp3) is 0.364. The van der Waals surface area contributed by atoms with Gasteiger partial charge in [-0.05, 0) is 25.5 Å². The average Bonchev–Trinajstić information content (AvgIpc) is 2.17. The number of hydrogen-bond donors (Lipinski definition) is 0. The van der Waals surface area contributed by atoms with E-state index in [4.69, 9.17) is 16.3 Å². The molecule has 0 bridgehead atoms. The van der Waals surface area contributed by atoms with E-state index in [0.717, 1.165) is 5.56 Å². The molecule has 0 aromatic heterocycles. The van der Waals surface area contributed by atoms with Crippen LogP contribution in [0.5, 0.6) is 0 Å². The lowest BCUT2D eigenvalue weighted by molar-refractivity contribution is 0.0443. The van der Waals surface area contributed by atoms with Crippen molar-refractivity contribution in [1.29, 1.82) is 0 Å². The van der Waals surface area contributed by atoms with Gasteiger partial charge in [0.05, 0.1) is 5.56 Å². The zero-order valence-electron chi connectivity index (χ0n) is 8.29. The van der Waals surface area contributed by atoms with Gasteiger partial charge in [-0.15, -0.1) is 0 Å². The first-order valence-corrected chi connectivity index (χ1v) is 4.99. The highest BCUT2D eigenvalue weighted by molar-refractivity contribution is 6.20. The SMILES string of the molecule is CCC(Cl)OC(=O)c1cccc(C)c1. The molecule has 0 aliphatic rings. The first kappa shape index (κ1) is 11.1. The van der Waals surface area contributed by atoms with Crippen LogP contribution in [0, 0.1) is 6.92 Å². The number of halogens is 1. The van der Waals surface area contributed by atoms with E-state index in [-0.39, 0.29) is 5.97 Å². The molecule has 0 heterocycles. The van der Waals surface area contributed by atoms with E-state index in [1.54, 1.807) is 12.1 Å². The van der Waals surface area contributed by atoms with E-state index in [1.165, 1.54) is 0 Å². The summed E-state index contributed by atoms with van der Waals surface area (Å²) in [5.74, 6) is -0.365. The summed E-state index contributed by atoms with van der Waals surface area (Å²) in [6, 6.07) is 7.24. The van der Waals surface area contributed by atoms with Crippen LogP contribution in [0.4, 0.5) is 0 Å². The van der Waals surface area contributed by atoms with Crippen molar-refractivity contribution in [3.63, 3.8) is 0 Å². The normalized spacial score (nSPS) is 12.2. The highest BCUT2D eigenvalue weighted by Gasteiger charge is 2.11. The lowest BCUT2D eigenvalue weighted by atomic mass is 10.1. The summed E-state index contributed by atoms with van der Waals surface area (Å²) in [5, 5.41) is 0. The third kappa shape index (κ3) is 3.04. The molecule has 1 atom stereocenters. The molecular weight excluding hydrogens is 200 g/mol. The van der Waals surface area contributed by atoms with Gasteiger partial charge in [-0.3, -0.25) is 0 Å². The number of carbonyl (C=O) groups is 1. The fourth-order valence-corrected chi connectivity index (χ4v) is 1.12. The molecule has 0 amide bonds.